The lowest BCUT2D eigenvalue weighted by Gasteiger charge is -2.38. The van der Waals surface area contributed by atoms with E-state index in [4.69, 9.17) is 4.74 Å². The Balaban J connectivity index is 1.41. The van der Waals surface area contributed by atoms with Crippen molar-refractivity contribution in [1.82, 2.24) is 10.2 Å². The highest BCUT2D eigenvalue weighted by Gasteiger charge is 2.41. The number of fused-ring (bicyclic) bond motifs is 2. The van der Waals surface area contributed by atoms with E-state index < -0.39 is 18.2 Å². The number of rotatable bonds is 4. The maximum Gasteiger partial charge on any atom is 0.247 e. The van der Waals surface area contributed by atoms with Gasteiger partial charge in [-0.25, -0.2) is 0 Å². The third kappa shape index (κ3) is 3.38. The van der Waals surface area contributed by atoms with E-state index in [1.54, 1.807) is 11.0 Å². The van der Waals surface area contributed by atoms with Crippen LogP contribution in [0.1, 0.15) is 41.7 Å². The van der Waals surface area contributed by atoms with E-state index in [9.17, 15) is 14.7 Å². The average molecular weight is 392 g/mol. The number of hydrogen-bond donors (Lipinski definition) is 2. The summed E-state index contributed by atoms with van der Waals surface area (Å²) in [7, 11) is 0. The highest BCUT2D eigenvalue weighted by atomic mass is 16.5. The van der Waals surface area contributed by atoms with Gasteiger partial charge in [0.25, 0.3) is 0 Å². The van der Waals surface area contributed by atoms with Crippen molar-refractivity contribution in [1.29, 1.82) is 0 Å². The average Bonchev–Trinajstić information content (AvgIpc) is 3.55. The molecule has 1 aliphatic carbocycles. The number of nitrogens with one attached hydrogen (secondary N) is 1. The van der Waals surface area contributed by atoms with Gasteiger partial charge in [-0.1, -0.05) is 42.5 Å². The van der Waals surface area contributed by atoms with E-state index in [2.05, 4.69) is 5.32 Å². The van der Waals surface area contributed by atoms with E-state index in [-0.39, 0.29) is 18.4 Å². The molecule has 0 aromatic heterocycles. The first kappa shape index (κ1) is 18.2. The van der Waals surface area contributed by atoms with Crippen LogP contribution in [0, 0.1) is 5.92 Å². The SMILES string of the molecule is O=C(N[C@@H]1COc2ccccc2[C@H]1O)[C@@H]1c2ccccc2CC(=O)N1CC1CC1. The van der Waals surface area contributed by atoms with Gasteiger partial charge in [0.1, 0.15) is 24.5 Å². The zero-order chi connectivity index (χ0) is 20.0. The summed E-state index contributed by atoms with van der Waals surface area (Å²) in [6.45, 7) is 0.798. The first-order chi connectivity index (χ1) is 14.1. The molecule has 5 rings (SSSR count). The van der Waals surface area contributed by atoms with Crippen molar-refractivity contribution < 1.29 is 19.4 Å². The minimum atomic E-state index is -0.852. The highest BCUT2D eigenvalue weighted by Crippen LogP contribution is 2.37. The number of carbonyl (C=O) groups excluding carboxylic acids is 2. The van der Waals surface area contributed by atoms with Crippen LogP contribution in [-0.4, -0.2) is 41.0 Å². The Kier molecular flexibility index (Phi) is 4.51. The lowest BCUT2D eigenvalue weighted by atomic mass is 9.90. The summed E-state index contributed by atoms with van der Waals surface area (Å²) in [5.41, 5.74) is 2.44. The van der Waals surface area contributed by atoms with Crippen LogP contribution in [-0.2, 0) is 16.0 Å². The van der Waals surface area contributed by atoms with Gasteiger partial charge in [0.15, 0.2) is 0 Å². The fourth-order valence-corrected chi connectivity index (χ4v) is 4.33. The molecule has 0 spiro atoms. The number of nitrogens with zero attached hydrogens (tertiary/aromatic N) is 1. The van der Waals surface area contributed by atoms with Gasteiger partial charge in [-0.3, -0.25) is 9.59 Å². The second-order valence-corrected chi connectivity index (χ2v) is 8.18. The molecule has 0 saturated heterocycles. The highest BCUT2D eigenvalue weighted by molar-refractivity contribution is 5.92. The minimum Gasteiger partial charge on any atom is -0.491 e. The molecular formula is C23H24N2O4. The number of aliphatic hydroxyl groups excluding tert-OH is 1. The Hall–Kier alpha value is -2.86. The summed E-state index contributed by atoms with van der Waals surface area (Å²) in [4.78, 5) is 27.9. The minimum absolute atomic E-state index is 0.0125. The Morgan fingerprint density at radius 1 is 1.10 bits per heavy atom. The molecule has 6 heteroatoms. The van der Waals surface area contributed by atoms with E-state index in [1.165, 1.54) is 0 Å². The van der Waals surface area contributed by atoms with Gasteiger partial charge in [-0.2, -0.15) is 0 Å². The largest absolute Gasteiger partial charge is 0.491 e. The lowest BCUT2D eigenvalue weighted by Crippen LogP contribution is -2.53. The zero-order valence-corrected chi connectivity index (χ0v) is 16.1. The Labute approximate surface area is 169 Å². The quantitative estimate of drug-likeness (QED) is 0.836. The number of hydrogen-bond acceptors (Lipinski definition) is 4. The normalized spacial score (nSPS) is 25.6. The van der Waals surface area contributed by atoms with Gasteiger partial charge in [0.2, 0.25) is 11.8 Å². The van der Waals surface area contributed by atoms with Crippen molar-refractivity contribution in [2.45, 2.75) is 37.5 Å². The van der Waals surface area contributed by atoms with Crippen LogP contribution >= 0.6 is 0 Å². The summed E-state index contributed by atoms with van der Waals surface area (Å²) in [5.74, 6) is 0.841. The Bertz CT molecular complexity index is 955. The van der Waals surface area contributed by atoms with E-state index >= 15 is 0 Å². The summed E-state index contributed by atoms with van der Waals surface area (Å²) >= 11 is 0. The maximum atomic E-state index is 13.4. The summed E-state index contributed by atoms with van der Waals surface area (Å²) in [6.07, 6.45) is 1.68. The standard InChI is InChI=1S/C23H24N2O4/c26-20-11-15-5-1-2-6-16(15)21(25(20)12-14-9-10-14)23(28)24-18-13-29-19-8-4-3-7-17(19)22(18)27/h1-8,14,18,21-22,27H,9-13H2,(H,24,28)/t18-,21+,22-/m1/s1. The van der Waals surface area contributed by atoms with Gasteiger partial charge in [0.05, 0.1) is 12.5 Å². The topological polar surface area (TPSA) is 78.9 Å². The van der Waals surface area contributed by atoms with E-state index in [0.29, 0.717) is 30.2 Å². The van der Waals surface area contributed by atoms with Crippen LogP contribution in [0.3, 0.4) is 0 Å². The molecule has 2 N–H and O–H groups in total. The molecule has 2 aromatic rings. The number of aliphatic hydroxyl groups is 1. The molecule has 2 aromatic carbocycles. The van der Waals surface area contributed by atoms with Gasteiger partial charge < -0.3 is 20.1 Å². The molecule has 1 saturated carbocycles. The lowest BCUT2D eigenvalue weighted by molar-refractivity contribution is -0.142. The van der Waals surface area contributed by atoms with Crippen molar-refractivity contribution in [3.63, 3.8) is 0 Å². The molecule has 29 heavy (non-hydrogen) atoms. The maximum absolute atomic E-state index is 13.4. The third-order valence-electron chi connectivity index (χ3n) is 6.09. The van der Waals surface area contributed by atoms with Gasteiger partial charge in [-0.05, 0) is 36.0 Å². The zero-order valence-electron chi connectivity index (χ0n) is 16.1. The Morgan fingerprint density at radius 2 is 1.83 bits per heavy atom. The number of ether oxygens (including phenoxy) is 1. The van der Waals surface area contributed by atoms with Gasteiger partial charge >= 0.3 is 0 Å². The van der Waals surface area contributed by atoms with Crippen LogP contribution in [0.5, 0.6) is 5.75 Å². The summed E-state index contributed by atoms with van der Waals surface area (Å²) in [5, 5.41) is 13.7. The van der Waals surface area contributed by atoms with E-state index in [1.807, 2.05) is 42.5 Å². The predicted octanol–water partition coefficient (Wildman–Crippen LogP) is 2.13. The summed E-state index contributed by atoms with van der Waals surface area (Å²) in [6, 6.07) is 13.7. The molecule has 2 amide bonds. The molecule has 2 aliphatic heterocycles. The van der Waals surface area contributed by atoms with Crippen molar-refractivity contribution in [3.8, 4) is 5.75 Å². The van der Waals surface area contributed by atoms with Crippen LogP contribution in [0.15, 0.2) is 48.5 Å². The Morgan fingerprint density at radius 3 is 2.62 bits per heavy atom. The fourth-order valence-electron chi connectivity index (χ4n) is 4.33. The molecular weight excluding hydrogens is 368 g/mol. The molecule has 0 bridgehead atoms. The van der Waals surface area contributed by atoms with Gasteiger partial charge in [0, 0.05) is 12.1 Å². The first-order valence-electron chi connectivity index (χ1n) is 10.2. The molecule has 3 aliphatic rings. The van der Waals surface area contributed by atoms with Crippen molar-refractivity contribution >= 4 is 11.8 Å². The number of carbonyl (C=O) groups is 2. The van der Waals surface area contributed by atoms with Crippen molar-refractivity contribution in [2.24, 2.45) is 5.92 Å². The second-order valence-electron chi connectivity index (χ2n) is 8.18. The van der Waals surface area contributed by atoms with Crippen LogP contribution in [0.4, 0.5) is 0 Å². The first-order valence-corrected chi connectivity index (χ1v) is 10.2. The smallest absolute Gasteiger partial charge is 0.247 e. The predicted molar refractivity (Wildman–Crippen MR) is 106 cm³/mol. The van der Waals surface area contributed by atoms with Crippen molar-refractivity contribution in [2.75, 3.05) is 13.2 Å². The number of benzene rings is 2. The fraction of sp³-hybridized carbons (Fsp3) is 0.391. The molecule has 1 fully saturated rings. The molecule has 2 heterocycles. The van der Waals surface area contributed by atoms with Crippen LogP contribution in [0.25, 0.3) is 0 Å². The van der Waals surface area contributed by atoms with Crippen molar-refractivity contribution in [3.05, 3.63) is 65.2 Å². The van der Waals surface area contributed by atoms with Crippen LogP contribution in [0.2, 0.25) is 0 Å². The second kappa shape index (κ2) is 7.19. The third-order valence-corrected chi connectivity index (χ3v) is 6.09. The number of para-hydroxylation sites is 1. The monoisotopic (exact) mass is 392 g/mol. The molecule has 0 radical (unpaired) electrons. The number of amides is 2. The molecule has 0 unspecified atom stereocenters. The van der Waals surface area contributed by atoms with Crippen LogP contribution < -0.4 is 10.1 Å². The molecule has 3 atom stereocenters. The van der Waals surface area contributed by atoms with E-state index in [0.717, 1.165) is 24.0 Å². The summed E-state index contributed by atoms with van der Waals surface area (Å²) < 4.78 is 5.73. The van der Waals surface area contributed by atoms with Gasteiger partial charge in [-0.15, -0.1) is 0 Å². The molecule has 150 valence electrons. The molecule has 6 nitrogen and oxygen atoms in total.